The molecule has 1 heterocycles. The summed E-state index contributed by atoms with van der Waals surface area (Å²) < 4.78 is 4.65. The van der Waals surface area contributed by atoms with E-state index in [2.05, 4.69) is 20.3 Å². The van der Waals surface area contributed by atoms with Crippen molar-refractivity contribution in [3.8, 4) is 0 Å². The van der Waals surface area contributed by atoms with Crippen molar-refractivity contribution in [2.75, 3.05) is 17.7 Å². The first-order chi connectivity index (χ1) is 8.20. The van der Waals surface area contributed by atoms with E-state index in [1.807, 2.05) is 25.1 Å². The van der Waals surface area contributed by atoms with Gasteiger partial charge in [0.1, 0.15) is 12.0 Å². The van der Waals surface area contributed by atoms with Gasteiger partial charge in [0.05, 0.1) is 11.8 Å². The Hall–Kier alpha value is -2.30. The molecule has 0 atom stereocenters. The van der Waals surface area contributed by atoms with E-state index in [4.69, 9.17) is 0 Å². The van der Waals surface area contributed by atoms with Crippen molar-refractivity contribution in [2.45, 2.75) is 6.92 Å². The summed E-state index contributed by atoms with van der Waals surface area (Å²) in [6, 6.07) is 5.65. The zero-order valence-electron chi connectivity index (χ0n) is 9.65. The van der Waals surface area contributed by atoms with Crippen molar-refractivity contribution >= 4 is 17.3 Å². The van der Waals surface area contributed by atoms with Gasteiger partial charge >= 0.3 is 0 Å². The molecule has 0 bridgehead atoms. The predicted molar refractivity (Wildman–Crippen MR) is 65.2 cm³/mol. The van der Waals surface area contributed by atoms with Crippen LogP contribution in [0.2, 0.25) is 0 Å². The average molecular weight is 231 g/mol. The van der Waals surface area contributed by atoms with E-state index in [1.54, 1.807) is 7.05 Å². The van der Waals surface area contributed by atoms with E-state index in [0.717, 1.165) is 11.3 Å². The highest BCUT2D eigenvalue weighted by molar-refractivity contribution is 6.08. The fourth-order valence-corrected chi connectivity index (χ4v) is 1.53. The Morgan fingerprint density at radius 3 is 2.88 bits per heavy atom. The van der Waals surface area contributed by atoms with Crippen LogP contribution in [0.25, 0.3) is 0 Å². The molecule has 0 aliphatic carbocycles. The van der Waals surface area contributed by atoms with Gasteiger partial charge in [-0.15, -0.1) is 0 Å². The Balaban J connectivity index is 2.26. The summed E-state index contributed by atoms with van der Waals surface area (Å²) in [6.45, 7) is 1.94. The number of hydrogen-bond acceptors (Lipinski definition) is 4. The first kappa shape index (κ1) is 11.2. The Bertz CT molecular complexity index is 521. The van der Waals surface area contributed by atoms with Crippen molar-refractivity contribution in [3.05, 3.63) is 41.8 Å². The van der Waals surface area contributed by atoms with Crippen LogP contribution < -0.4 is 10.6 Å². The maximum Gasteiger partial charge on any atom is 0.257 e. The number of carbonyl (C=O) groups excluding carboxylic acids is 1. The SMILES string of the molecule is CNc1ccc(C)cc1C(=O)Nc1cnoc1. The maximum atomic E-state index is 12.0. The summed E-state index contributed by atoms with van der Waals surface area (Å²) in [5.74, 6) is -0.193. The zero-order chi connectivity index (χ0) is 12.3. The topological polar surface area (TPSA) is 67.2 Å². The molecule has 0 saturated carbocycles. The molecule has 0 saturated heterocycles. The van der Waals surface area contributed by atoms with Gasteiger partial charge in [-0.25, -0.2) is 0 Å². The van der Waals surface area contributed by atoms with E-state index < -0.39 is 0 Å². The summed E-state index contributed by atoms with van der Waals surface area (Å²) in [5.41, 5.74) is 2.94. The fourth-order valence-electron chi connectivity index (χ4n) is 1.53. The van der Waals surface area contributed by atoms with E-state index in [-0.39, 0.29) is 5.91 Å². The summed E-state index contributed by atoms with van der Waals surface area (Å²) in [7, 11) is 1.78. The second-order valence-electron chi connectivity index (χ2n) is 3.67. The molecular weight excluding hydrogens is 218 g/mol. The molecule has 5 heteroatoms. The number of hydrogen-bond donors (Lipinski definition) is 2. The summed E-state index contributed by atoms with van der Waals surface area (Å²) in [6.07, 6.45) is 2.83. The third-order valence-corrected chi connectivity index (χ3v) is 2.38. The largest absolute Gasteiger partial charge is 0.387 e. The third-order valence-electron chi connectivity index (χ3n) is 2.38. The van der Waals surface area contributed by atoms with E-state index in [0.29, 0.717) is 11.3 Å². The van der Waals surface area contributed by atoms with Crippen LogP contribution in [0.3, 0.4) is 0 Å². The summed E-state index contributed by atoms with van der Waals surface area (Å²) in [5, 5.41) is 9.21. The van der Waals surface area contributed by atoms with Gasteiger partial charge in [-0.05, 0) is 19.1 Å². The molecule has 1 amide bonds. The predicted octanol–water partition coefficient (Wildman–Crippen LogP) is 2.28. The standard InChI is InChI=1S/C12H13N3O2/c1-8-3-4-11(13-2)10(5-8)12(16)15-9-6-14-17-7-9/h3-7,13H,1-2H3,(H,15,16). The van der Waals surface area contributed by atoms with Crippen LogP contribution in [0.15, 0.2) is 35.2 Å². The van der Waals surface area contributed by atoms with Gasteiger partial charge in [0, 0.05) is 12.7 Å². The molecule has 2 aromatic rings. The number of carbonyl (C=O) groups is 1. The lowest BCUT2D eigenvalue weighted by Gasteiger charge is -2.09. The number of benzene rings is 1. The number of aryl methyl sites for hydroxylation is 1. The van der Waals surface area contributed by atoms with Crippen LogP contribution in [-0.2, 0) is 0 Å². The molecule has 0 spiro atoms. The molecule has 1 aromatic heterocycles. The molecule has 17 heavy (non-hydrogen) atoms. The van der Waals surface area contributed by atoms with E-state index >= 15 is 0 Å². The van der Waals surface area contributed by atoms with Crippen LogP contribution in [0.5, 0.6) is 0 Å². The molecule has 5 nitrogen and oxygen atoms in total. The first-order valence-electron chi connectivity index (χ1n) is 5.20. The molecule has 2 N–H and O–H groups in total. The van der Waals surface area contributed by atoms with Gasteiger partial charge in [0.2, 0.25) is 0 Å². The fraction of sp³-hybridized carbons (Fsp3) is 0.167. The monoisotopic (exact) mass is 231 g/mol. The summed E-state index contributed by atoms with van der Waals surface area (Å²) in [4.78, 5) is 12.0. The Kier molecular flexibility index (Phi) is 3.09. The van der Waals surface area contributed by atoms with E-state index in [9.17, 15) is 4.79 Å². The van der Waals surface area contributed by atoms with Crippen molar-refractivity contribution in [2.24, 2.45) is 0 Å². The van der Waals surface area contributed by atoms with Gasteiger partial charge in [-0.3, -0.25) is 4.79 Å². The minimum Gasteiger partial charge on any atom is -0.387 e. The Labute approximate surface area is 98.8 Å². The molecule has 2 rings (SSSR count). The molecular formula is C12H13N3O2. The zero-order valence-corrected chi connectivity index (χ0v) is 9.65. The lowest BCUT2D eigenvalue weighted by atomic mass is 10.1. The second kappa shape index (κ2) is 4.69. The molecule has 1 aromatic carbocycles. The quantitative estimate of drug-likeness (QED) is 0.850. The average Bonchev–Trinajstić information content (AvgIpc) is 2.81. The highest BCUT2D eigenvalue weighted by Crippen LogP contribution is 2.18. The van der Waals surface area contributed by atoms with E-state index in [1.165, 1.54) is 12.5 Å². The van der Waals surface area contributed by atoms with Crippen LogP contribution >= 0.6 is 0 Å². The minimum atomic E-state index is -0.193. The van der Waals surface area contributed by atoms with Gasteiger partial charge < -0.3 is 15.2 Å². The van der Waals surface area contributed by atoms with Crippen LogP contribution in [0.1, 0.15) is 15.9 Å². The number of nitrogens with one attached hydrogen (secondary N) is 2. The number of nitrogens with zero attached hydrogens (tertiary/aromatic N) is 1. The van der Waals surface area contributed by atoms with Gasteiger partial charge in [0.15, 0.2) is 0 Å². The number of rotatable bonds is 3. The Morgan fingerprint density at radius 2 is 2.24 bits per heavy atom. The Morgan fingerprint density at radius 1 is 1.41 bits per heavy atom. The lowest BCUT2D eigenvalue weighted by molar-refractivity contribution is 0.102. The third kappa shape index (κ3) is 2.44. The highest BCUT2D eigenvalue weighted by Gasteiger charge is 2.11. The van der Waals surface area contributed by atoms with Crippen LogP contribution in [0.4, 0.5) is 11.4 Å². The van der Waals surface area contributed by atoms with Crippen molar-refractivity contribution < 1.29 is 9.32 Å². The van der Waals surface area contributed by atoms with Gasteiger partial charge in [0.25, 0.3) is 5.91 Å². The molecule has 88 valence electrons. The molecule has 0 radical (unpaired) electrons. The van der Waals surface area contributed by atoms with Crippen LogP contribution in [-0.4, -0.2) is 18.1 Å². The number of aromatic nitrogens is 1. The number of amides is 1. The molecule has 0 aliphatic heterocycles. The van der Waals surface area contributed by atoms with Crippen molar-refractivity contribution in [3.63, 3.8) is 0 Å². The lowest BCUT2D eigenvalue weighted by Crippen LogP contribution is -2.13. The molecule has 0 fully saturated rings. The van der Waals surface area contributed by atoms with Crippen molar-refractivity contribution in [1.82, 2.24) is 5.16 Å². The molecule has 0 unspecified atom stereocenters. The number of anilines is 2. The van der Waals surface area contributed by atoms with Crippen LogP contribution in [0, 0.1) is 6.92 Å². The normalized spacial score (nSPS) is 10.0. The molecule has 0 aliphatic rings. The van der Waals surface area contributed by atoms with Gasteiger partial charge in [-0.1, -0.05) is 16.8 Å². The van der Waals surface area contributed by atoms with Gasteiger partial charge in [-0.2, -0.15) is 0 Å². The summed E-state index contributed by atoms with van der Waals surface area (Å²) >= 11 is 0. The smallest absolute Gasteiger partial charge is 0.257 e. The highest BCUT2D eigenvalue weighted by atomic mass is 16.5. The first-order valence-corrected chi connectivity index (χ1v) is 5.20. The maximum absolute atomic E-state index is 12.0. The van der Waals surface area contributed by atoms with Crippen molar-refractivity contribution in [1.29, 1.82) is 0 Å². The second-order valence-corrected chi connectivity index (χ2v) is 3.67. The minimum absolute atomic E-state index is 0.193.